The summed E-state index contributed by atoms with van der Waals surface area (Å²) in [6, 6.07) is -1.06. The molecule has 0 amide bonds. The zero-order chi connectivity index (χ0) is 32.4. The Morgan fingerprint density at radius 2 is 0.886 bits per heavy atom. The number of ether oxygens (including phenoxy) is 1. The van der Waals surface area contributed by atoms with E-state index in [1.165, 1.54) is 122 Å². The molecule has 0 rings (SSSR count). The molecule has 0 aliphatic rings. The van der Waals surface area contributed by atoms with Gasteiger partial charge in [0.15, 0.2) is 0 Å². The Labute approximate surface area is 291 Å². The molecule has 1 atom stereocenters. The smallest absolute Gasteiger partial charge is 0.550 e. The Hall–Kier alpha value is -0.960. The summed E-state index contributed by atoms with van der Waals surface area (Å²) < 4.78 is 4.62. The molecule has 44 heavy (non-hydrogen) atoms. The molecule has 8 nitrogen and oxygen atoms in total. The monoisotopic (exact) mass is 635 g/mol. The standard InChI is InChI=1S/C18H36O2.C17H31NO5.Na/c1-2-3-4-5-6-7-8-9-10-11-12-13-14-15-16-17-18(19)20;1-2-3-4-5-6-7-8-9-10-11-16(21)23-17(22)14(18)12-13-15(19)20;/h2-17H2,1H3,(H,19,20);14H,2-13,18H2,1H3,(H,19,20);/q;;+1/p-1/t;14-;/m.0./s1. The van der Waals surface area contributed by atoms with E-state index in [4.69, 9.17) is 10.8 Å². The number of hydrogen-bond donors (Lipinski definition) is 2. The largest absolute Gasteiger partial charge is 1.00 e. The molecule has 0 spiro atoms. The minimum Gasteiger partial charge on any atom is -0.550 e. The number of carboxylic acid groups (broad SMARTS) is 2. The van der Waals surface area contributed by atoms with Gasteiger partial charge in [-0.2, -0.15) is 0 Å². The number of nitrogens with two attached hydrogens (primary N) is 1. The second kappa shape index (κ2) is 38.2. The van der Waals surface area contributed by atoms with Crippen molar-refractivity contribution in [3.63, 3.8) is 0 Å². The van der Waals surface area contributed by atoms with E-state index < -0.39 is 29.9 Å². The van der Waals surface area contributed by atoms with Crippen LogP contribution in [0, 0.1) is 0 Å². The first-order valence-electron chi connectivity index (χ1n) is 17.7. The second-order valence-electron chi connectivity index (χ2n) is 12.0. The van der Waals surface area contributed by atoms with Crippen molar-refractivity contribution in [2.75, 3.05) is 0 Å². The molecule has 9 heteroatoms. The topological polar surface area (TPSA) is 147 Å². The average Bonchev–Trinajstić information content (AvgIpc) is 2.97. The number of carboxylic acids is 2. The first-order valence-corrected chi connectivity index (χ1v) is 17.7. The fourth-order valence-electron chi connectivity index (χ4n) is 4.86. The van der Waals surface area contributed by atoms with Gasteiger partial charge in [0, 0.05) is 18.8 Å². The molecule has 0 heterocycles. The maximum Gasteiger partial charge on any atom is 1.00 e. The molecule has 0 bridgehead atoms. The molecular weight excluding hydrogens is 569 g/mol. The number of unbranched alkanes of at least 4 members (excludes halogenated alkanes) is 22. The number of carbonyl (C=O) groups excluding carboxylic acids is 3. The van der Waals surface area contributed by atoms with Gasteiger partial charge < -0.3 is 25.5 Å². The van der Waals surface area contributed by atoms with Gasteiger partial charge in [-0.25, -0.2) is 4.79 Å². The average molecular weight is 636 g/mol. The third-order valence-corrected chi connectivity index (χ3v) is 7.66. The van der Waals surface area contributed by atoms with Crippen LogP contribution < -0.4 is 40.4 Å². The van der Waals surface area contributed by atoms with Gasteiger partial charge in [-0.1, -0.05) is 155 Å². The summed E-state index contributed by atoms with van der Waals surface area (Å²) in [5.41, 5.74) is 5.47. The molecule has 0 aromatic heterocycles. The van der Waals surface area contributed by atoms with Crippen molar-refractivity contribution in [3.8, 4) is 0 Å². The molecule has 0 aromatic rings. The molecular formula is C35H66NNaO7. The Morgan fingerprint density at radius 1 is 0.568 bits per heavy atom. The number of esters is 2. The second-order valence-corrected chi connectivity index (χ2v) is 12.0. The van der Waals surface area contributed by atoms with Gasteiger partial charge in [0.2, 0.25) is 0 Å². The van der Waals surface area contributed by atoms with Gasteiger partial charge in [0.1, 0.15) is 6.04 Å². The van der Waals surface area contributed by atoms with E-state index in [1.807, 2.05) is 0 Å². The van der Waals surface area contributed by atoms with E-state index in [0.29, 0.717) is 6.42 Å². The van der Waals surface area contributed by atoms with Crippen molar-refractivity contribution in [2.45, 2.75) is 200 Å². The maximum atomic E-state index is 11.5. The summed E-state index contributed by atoms with van der Waals surface area (Å²) in [4.78, 5) is 43.6. The van der Waals surface area contributed by atoms with Crippen LogP contribution in [0.5, 0.6) is 0 Å². The third kappa shape index (κ3) is 41.0. The van der Waals surface area contributed by atoms with Crippen LogP contribution in [0.3, 0.4) is 0 Å². The van der Waals surface area contributed by atoms with Crippen molar-refractivity contribution in [1.82, 2.24) is 0 Å². The van der Waals surface area contributed by atoms with Gasteiger partial charge in [0.25, 0.3) is 0 Å². The molecule has 0 fully saturated rings. The predicted molar refractivity (Wildman–Crippen MR) is 172 cm³/mol. The molecule has 0 aliphatic heterocycles. The molecule has 0 radical (unpaired) electrons. The van der Waals surface area contributed by atoms with Crippen LogP contribution in [0.1, 0.15) is 194 Å². The van der Waals surface area contributed by atoms with E-state index in [9.17, 15) is 24.3 Å². The SMILES string of the molecule is CCCCCCCCCCCC(=O)OC(=O)[C@@H](N)CCC(=O)O.CCCCCCCCCCCCCCCCCC(=O)[O-].[Na+]. The summed E-state index contributed by atoms with van der Waals surface area (Å²) in [6.07, 6.45) is 30.1. The van der Waals surface area contributed by atoms with Gasteiger partial charge in [0.05, 0.1) is 0 Å². The van der Waals surface area contributed by atoms with Crippen LogP contribution in [-0.4, -0.2) is 35.0 Å². The fraction of sp³-hybridized carbons (Fsp3) is 0.886. The third-order valence-electron chi connectivity index (χ3n) is 7.66. The number of carbonyl (C=O) groups is 4. The van der Waals surface area contributed by atoms with E-state index in [-0.39, 0.29) is 55.2 Å². The zero-order valence-corrected chi connectivity index (χ0v) is 30.9. The van der Waals surface area contributed by atoms with Crippen molar-refractivity contribution >= 4 is 23.9 Å². The quantitative estimate of drug-likeness (QED) is 0.0476. The Morgan fingerprint density at radius 3 is 1.20 bits per heavy atom. The van der Waals surface area contributed by atoms with Crippen LogP contribution >= 0.6 is 0 Å². The zero-order valence-electron chi connectivity index (χ0n) is 28.9. The minimum atomic E-state index is -1.06. The van der Waals surface area contributed by atoms with E-state index >= 15 is 0 Å². The molecule has 3 N–H and O–H groups in total. The van der Waals surface area contributed by atoms with Crippen LogP contribution in [0.4, 0.5) is 0 Å². The van der Waals surface area contributed by atoms with Crippen molar-refractivity contribution in [2.24, 2.45) is 5.73 Å². The van der Waals surface area contributed by atoms with Gasteiger partial charge in [-0.15, -0.1) is 0 Å². The van der Waals surface area contributed by atoms with E-state index in [1.54, 1.807) is 0 Å². The summed E-state index contributed by atoms with van der Waals surface area (Å²) >= 11 is 0. The maximum absolute atomic E-state index is 11.5. The first kappa shape index (κ1) is 47.4. The minimum absolute atomic E-state index is 0. The molecule has 0 aliphatic carbocycles. The molecule has 0 saturated carbocycles. The van der Waals surface area contributed by atoms with Gasteiger partial charge >= 0.3 is 47.5 Å². The Bertz CT molecular complexity index is 675. The van der Waals surface area contributed by atoms with Crippen LogP contribution in [0.25, 0.3) is 0 Å². The Kier molecular flexibility index (Phi) is 41.2. The summed E-state index contributed by atoms with van der Waals surface area (Å²) in [6.45, 7) is 4.46. The van der Waals surface area contributed by atoms with Gasteiger partial charge in [-0.3, -0.25) is 9.59 Å². The molecule has 0 saturated heterocycles. The number of rotatable bonds is 30. The normalized spacial score (nSPS) is 11.2. The summed E-state index contributed by atoms with van der Waals surface area (Å²) in [5.74, 6) is -3.36. The van der Waals surface area contributed by atoms with Crippen molar-refractivity contribution in [1.29, 1.82) is 0 Å². The van der Waals surface area contributed by atoms with Crippen LogP contribution in [-0.2, 0) is 23.9 Å². The molecule has 0 unspecified atom stereocenters. The van der Waals surface area contributed by atoms with Crippen LogP contribution in [0.2, 0.25) is 0 Å². The number of aliphatic carboxylic acids is 2. The Balaban J connectivity index is -0.000000754. The summed E-state index contributed by atoms with van der Waals surface area (Å²) in [7, 11) is 0. The van der Waals surface area contributed by atoms with E-state index in [0.717, 1.165) is 25.7 Å². The summed E-state index contributed by atoms with van der Waals surface area (Å²) in [5, 5.41) is 18.7. The number of hydrogen-bond acceptors (Lipinski definition) is 7. The van der Waals surface area contributed by atoms with E-state index in [2.05, 4.69) is 18.6 Å². The van der Waals surface area contributed by atoms with Gasteiger partial charge in [-0.05, 0) is 25.7 Å². The van der Waals surface area contributed by atoms with Crippen LogP contribution in [0.15, 0.2) is 0 Å². The fourth-order valence-corrected chi connectivity index (χ4v) is 4.86. The first-order chi connectivity index (χ1) is 20.7. The molecule has 0 aromatic carbocycles. The van der Waals surface area contributed by atoms with Crippen molar-refractivity contribution < 1.29 is 63.7 Å². The predicted octanol–water partition coefficient (Wildman–Crippen LogP) is 5.17. The molecule has 254 valence electrons. The van der Waals surface area contributed by atoms with Crippen molar-refractivity contribution in [3.05, 3.63) is 0 Å².